The molecule has 0 rings (SSSR count). The Hall–Kier alpha value is -0.440. The first-order chi connectivity index (χ1) is 7.67. The molecule has 0 heterocycles. The quantitative estimate of drug-likeness (QED) is 0.573. The molecule has 0 aliphatic carbocycles. The summed E-state index contributed by atoms with van der Waals surface area (Å²) in [5.41, 5.74) is 0. The van der Waals surface area contributed by atoms with Gasteiger partial charge in [-0.05, 0) is 0 Å². The Morgan fingerprint density at radius 1 is 0.889 bits per heavy atom. The van der Waals surface area contributed by atoms with Gasteiger partial charge in [0.1, 0.15) is 6.61 Å². The molecule has 1 unspecified atom stereocenters. The van der Waals surface area contributed by atoms with Crippen molar-refractivity contribution in [3.8, 4) is 0 Å². The molecular weight excluding hydrogens is 306 g/mol. The van der Waals surface area contributed by atoms with Gasteiger partial charge in [0.15, 0.2) is 8.03 Å². The average Bonchev–Trinajstić information content (AvgIpc) is 2.12. The molecule has 0 fully saturated rings. The highest BCUT2D eigenvalue weighted by atomic mass is 31.1. The van der Waals surface area contributed by atoms with Crippen LogP contribution in [-0.2, 0) is 9.09 Å². The van der Waals surface area contributed by atoms with E-state index in [0.717, 1.165) is 0 Å². The highest BCUT2D eigenvalue weighted by Crippen LogP contribution is 2.53. The lowest BCUT2D eigenvalue weighted by atomic mass is 10.1. The molecule has 1 atom stereocenters. The van der Waals surface area contributed by atoms with Crippen molar-refractivity contribution < 1.29 is 48.6 Å². The van der Waals surface area contributed by atoms with E-state index in [1.54, 1.807) is 0 Å². The SMILES string of the molecule is C[PH](=O)OCC(F)(F)C(F)(F)C(F)(F)C(F)(F)F. The van der Waals surface area contributed by atoms with E-state index in [9.17, 15) is 44.1 Å². The van der Waals surface area contributed by atoms with Gasteiger partial charge in [0.05, 0.1) is 0 Å². The molecule has 12 heteroatoms. The van der Waals surface area contributed by atoms with Gasteiger partial charge in [-0.25, -0.2) is 0 Å². The smallest absolute Gasteiger partial charge is 0.324 e. The highest BCUT2D eigenvalue weighted by Gasteiger charge is 2.81. The fourth-order valence-corrected chi connectivity index (χ4v) is 1.08. The maximum atomic E-state index is 12.6. The molecule has 0 aliphatic heterocycles. The van der Waals surface area contributed by atoms with Crippen LogP contribution < -0.4 is 0 Å². The fourth-order valence-electron chi connectivity index (χ4n) is 0.691. The van der Waals surface area contributed by atoms with Crippen LogP contribution in [0.4, 0.5) is 39.5 Å². The summed E-state index contributed by atoms with van der Waals surface area (Å²) in [5, 5.41) is 0. The van der Waals surface area contributed by atoms with Crippen LogP contribution in [0.2, 0.25) is 0 Å². The summed E-state index contributed by atoms with van der Waals surface area (Å²) in [6.45, 7) is -1.85. The van der Waals surface area contributed by atoms with Crippen molar-refractivity contribution in [1.29, 1.82) is 0 Å². The summed E-state index contributed by atoms with van der Waals surface area (Å²) in [6, 6.07) is 0. The topological polar surface area (TPSA) is 26.3 Å². The molecule has 0 aromatic rings. The van der Waals surface area contributed by atoms with Crippen LogP contribution in [0.1, 0.15) is 0 Å². The van der Waals surface area contributed by atoms with Gasteiger partial charge in [0.2, 0.25) is 0 Å². The maximum Gasteiger partial charge on any atom is 0.460 e. The Labute approximate surface area is 95.0 Å². The van der Waals surface area contributed by atoms with E-state index in [1.807, 2.05) is 0 Å². The predicted octanol–water partition coefficient (Wildman–Crippen LogP) is 3.58. The summed E-state index contributed by atoms with van der Waals surface area (Å²) in [4.78, 5) is 0. The molecule has 2 nitrogen and oxygen atoms in total. The van der Waals surface area contributed by atoms with Crippen LogP contribution >= 0.6 is 8.03 Å². The van der Waals surface area contributed by atoms with Crippen molar-refractivity contribution >= 4 is 8.03 Å². The van der Waals surface area contributed by atoms with Gasteiger partial charge in [-0.2, -0.15) is 39.5 Å². The third-order valence-electron chi connectivity index (χ3n) is 1.67. The molecule has 0 aromatic heterocycles. The molecule has 0 bridgehead atoms. The number of hydrogen-bond donors (Lipinski definition) is 0. The lowest BCUT2D eigenvalue weighted by molar-refractivity contribution is -0.398. The van der Waals surface area contributed by atoms with Gasteiger partial charge in [-0.3, -0.25) is 4.57 Å². The van der Waals surface area contributed by atoms with Crippen LogP contribution in [-0.4, -0.2) is 37.2 Å². The second kappa shape index (κ2) is 4.92. The fraction of sp³-hybridized carbons (Fsp3) is 1.00. The van der Waals surface area contributed by atoms with E-state index >= 15 is 0 Å². The summed E-state index contributed by atoms with van der Waals surface area (Å²) in [5.74, 6) is -19.5. The first-order valence-electron chi connectivity index (χ1n) is 4.00. The third kappa shape index (κ3) is 3.11. The summed E-state index contributed by atoms with van der Waals surface area (Å²) in [7, 11) is -3.20. The van der Waals surface area contributed by atoms with E-state index in [1.165, 1.54) is 0 Å². The molecule has 0 saturated heterocycles. The predicted molar refractivity (Wildman–Crippen MR) is 41.8 cm³/mol. The van der Waals surface area contributed by atoms with E-state index in [2.05, 4.69) is 4.52 Å². The zero-order valence-electron chi connectivity index (χ0n) is 8.43. The molecule has 0 amide bonds. The maximum absolute atomic E-state index is 12.6. The highest BCUT2D eigenvalue weighted by molar-refractivity contribution is 7.38. The molecular formula is C6H6F9O2P. The summed E-state index contributed by atoms with van der Waals surface area (Å²) < 4.78 is 123. The molecule has 0 aliphatic rings. The van der Waals surface area contributed by atoms with E-state index in [0.29, 0.717) is 6.66 Å². The molecule has 0 saturated carbocycles. The lowest BCUT2D eigenvalue weighted by Crippen LogP contribution is -2.62. The largest absolute Gasteiger partial charge is 0.460 e. The molecule has 0 radical (unpaired) electrons. The van der Waals surface area contributed by atoms with Crippen LogP contribution in [0, 0.1) is 0 Å². The van der Waals surface area contributed by atoms with Crippen molar-refractivity contribution in [3.63, 3.8) is 0 Å². The summed E-state index contributed by atoms with van der Waals surface area (Å²) >= 11 is 0. The monoisotopic (exact) mass is 312 g/mol. The van der Waals surface area contributed by atoms with Gasteiger partial charge in [0.25, 0.3) is 0 Å². The second-order valence-corrected chi connectivity index (χ2v) is 4.40. The van der Waals surface area contributed by atoms with Gasteiger partial charge in [0, 0.05) is 6.66 Å². The number of halogens is 9. The van der Waals surface area contributed by atoms with Gasteiger partial charge in [-0.15, -0.1) is 0 Å². The minimum absolute atomic E-state index is 0.667. The molecule has 110 valence electrons. The normalized spacial score (nSPS) is 16.8. The van der Waals surface area contributed by atoms with Crippen molar-refractivity contribution in [2.24, 2.45) is 0 Å². The van der Waals surface area contributed by atoms with Crippen LogP contribution in [0.5, 0.6) is 0 Å². The van der Waals surface area contributed by atoms with Crippen molar-refractivity contribution in [2.45, 2.75) is 23.9 Å². The second-order valence-electron chi connectivity index (χ2n) is 3.13. The first kappa shape index (κ1) is 17.6. The number of hydrogen-bond acceptors (Lipinski definition) is 2. The van der Waals surface area contributed by atoms with E-state index < -0.39 is 38.6 Å². The molecule has 0 spiro atoms. The first-order valence-corrected chi connectivity index (χ1v) is 5.82. The van der Waals surface area contributed by atoms with Crippen molar-refractivity contribution in [3.05, 3.63) is 0 Å². The van der Waals surface area contributed by atoms with E-state index in [4.69, 9.17) is 0 Å². The average molecular weight is 312 g/mol. The van der Waals surface area contributed by atoms with Crippen molar-refractivity contribution in [2.75, 3.05) is 13.3 Å². The molecule has 0 N–H and O–H groups in total. The minimum Gasteiger partial charge on any atom is -0.324 e. The Morgan fingerprint density at radius 2 is 1.28 bits per heavy atom. The van der Waals surface area contributed by atoms with Gasteiger partial charge in [-0.1, -0.05) is 0 Å². The number of alkyl halides is 9. The minimum atomic E-state index is -6.95. The zero-order chi connectivity index (χ0) is 15.0. The Bertz CT molecular complexity index is 324. The van der Waals surface area contributed by atoms with Crippen molar-refractivity contribution in [1.82, 2.24) is 0 Å². The van der Waals surface area contributed by atoms with Gasteiger partial charge >= 0.3 is 23.9 Å². The van der Waals surface area contributed by atoms with Crippen LogP contribution in [0.15, 0.2) is 0 Å². The third-order valence-corrected chi connectivity index (χ3v) is 2.22. The molecule has 0 aromatic carbocycles. The Kier molecular flexibility index (Phi) is 4.80. The van der Waals surface area contributed by atoms with E-state index in [-0.39, 0.29) is 0 Å². The Morgan fingerprint density at radius 3 is 1.56 bits per heavy atom. The Balaban J connectivity index is 5.29. The standard InChI is InChI=1S/C6H6F9O2P/c1-18(16)17-2-3(7,8)4(9,10)5(11,12)6(13,14)15/h18H,2H2,1H3. The summed E-state index contributed by atoms with van der Waals surface area (Å²) in [6.07, 6.45) is -6.86. The number of rotatable bonds is 5. The zero-order valence-corrected chi connectivity index (χ0v) is 9.43. The van der Waals surface area contributed by atoms with Crippen LogP contribution in [0.3, 0.4) is 0 Å². The van der Waals surface area contributed by atoms with Gasteiger partial charge < -0.3 is 4.52 Å². The lowest BCUT2D eigenvalue weighted by Gasteiger charge is -2.33. The molecule has 18 heavy (non-hydrogen) atoms. The van der Waals surface area contributed by atoms with Crippen LogP contribution in [0.25, 0.3) is 0 Å².